The van der Waals surface area contributed by atoms with Crippen molar-refractivity contribution >= 4 is 23.8 Å². The van der Waals surface area contributed by atoms with Crippen LogP contribution in [-0.4, -0.2) is 95.3 Å². The van der Waals surface area contributed by atoms with Gasteiger partial charge in [-0.25, -0.2) is 9.18 Å². The lowest BCUT2D eigenvalue weighted by molar-refractivity contribution is -0.322. The molecule has 0 saturated carbocycles. The van der Waals surface area contributed by atoms with Crippen molar-refractivity contribution in [1.82, 2.24) is 5.32 Å². The van der Waals surface area contributed by atoms with Gasteiger partial charge in [0.25, 0.3) is 0 Å². The fourth-order valence-corrected chi connectivity index (χ4v) is 3.11. The number of carbonyl (C=O) groups is 4. The zero-order valence-electron chi connectivity index (χ0n) is 17.6. The Kier molecular flexibility index (Phi) is 9.98. The third kappa shape index (κ3) is 6.36. The van der Waals surface area contributed by atoms with Crippen LogP contribution in [0.1, 0.15) is 26.7 Å². The minimum atomic E-state index is -3.38. The second-order valence-corrected chi connectivity index (χ2v) is 6.86. The van der Waals surface area contributed by atoms with Crippen molar-refractivity contribution in [2.45, 2.75) is 69.1 Å². The summed E-state index contributed by atoms with van der Waals surface area (Å²) < 4.78 is 34.3. The highest BCUT2D eigenvalue weighted by atomic mass is 19.1. The second kappa shape index (κ2) is 11.7. The number of halogens is 1. The monoisotopic (exact) mass is 463 g/mol. The number of methoxy groups -OCH3 is 1. The maximum Gasteiger partial charge on any atom is 0.369 e. The van der Waals surface area contributed by atoms with Gasteiger partial charge in [-0.1, -0.05) is 0 Å². The summed E-state index contributed by atoms with van der Waals surface area (Å²) >= 11 is 0. The summed E-state index contributed by atoms with van der Waals surface area (Å²) in [5.74, 6) is -5.49. The minimum absolute atomic E-state index is 0.00852. The Labute approximate surface area is 182 Å². The van der Waals surface area contributed by atoms with Gasteiger partial charge >= 0.3 is 23.7 Å². The summed E-state index contributed by atoms with van der Waals surface area (Å²) in [5, 5.41) is 32.9. The van der Waals surface area contributed by atoms with E-state index in [9.17, 15) is 38.9 Å². The van der Waals surface area contributed by atoms with Gasteiger partial charge < -0.3 is 39.6 Å². The molecule has 0 aliphatic carbocycles. The lowest BCUT2D eigenvalue weighted by atomic mass is 9.87. The molecule has 0 aromatic rings. The standard InChI is InChI=1S/C19H26FNO11/c1-5-6-7-12(25)21-13-14(26)17(20)19(28,18(27)29-4)32-16(13)15(31-10(3)24)11(8-22)30-9(2)23/h1,11,13-17,22,26,28H,6-8H2,2-4H3,(H,21,25)/t11-,13?,14?,15-,16?,17?,19?/m1/s1. The zero-order valence-corrected chi connectivity index (χ0v) is 17.6. The number of rotatable bonds is 9. The summed E-state index contributed by atoms with van der Waals surface area (Å²) in [7, 11) is 0.810. The van der Waals surface area contributed by atoms with E-state index in [2.05, 4.69) is 16.0 Å². The summed E-state index contributed by atoms with van der Waals surface area (Å²) in [5.41, 5.74) is 0. The van der Waals surface area contributed by atoms with E-state index in [0.717, 1.165) is 21.0 Å². The number of nitrogens with one attached hydrogen (secondary N) is 1. The van der Waals surface area contributed by atoms with E-state index in [1.165, 1.54) is 0 Å². The predicted molar refractivity (Wildman–Crippen MR) is 101 cm³/mol. The molecule has 180 valence electrons. The van der Waals surface area contributed by atoms with E-state index >= 15 is 0 Å². The molecule has 0 spiro atoms. The maximum absolute atomic E-state index is 14.9. The van der Waals surface area contributed by atoms with Crippen molar-refractivity contribution in [3.63, 3.8) is 0 Å². The van der Waals surface area contributed by atoms with Gasteiger partial charge in [0.1, 0.15) is 12.2 Å². The van der Waals surface area contributed by atoms with E-state index in [1.54, 1.807) is 0 Å². The van der Waals surface area contributed by atoms with Gasteiger partial charge in [0.05, 0.1) is 19.8 Å². The average molecular weight is 463 g/mol. The smallest absolute Gasteiger partial charge is 0.369 e. The van der Waals surface area contributed by atoms with Crippen LogP contribution in [0.4, 0.5) is 4.39 Å². The van der Waals surface area contributed by atoms with Crippen molar-refractivity contribution in [2.24, 2.45) is 0 Å². The Hall–Kier alpha value is -2.79. The van der Waals surface area contributed by atoms with E-state index in [1.807, 2.05) is 0 Å². The Balaban J connectivity index is 3.50. The van der Waals surface area contributed by atoms with Crippen molar-refractivity contribution in [2.75, 3.05) is 13.7 Å². The molecule has 0 aromatic heterocycles. The van der Waals surface area contributed by atoms with Crippen LogP contribution in [0.15, 0.2) is 0 Å². The highest BCUT2D eigenvalue weighted by Gasteiger charge is 2.62. The van der Waals surface area contributed by atoms with E-state index in [-0.39, 0.29) is 12.8 Å². The molecule has 1 aliphatic rings. The molecule has 7 atom stereocenters. The van der Waals surface area contributed by atoms with Crippen LogP contribution in [0, 0.1) is 12.3 Å². The third-order valence-corrected chi connectivity index (χ3v) is 4.50. The second-order valence-electron chi connectivity index (χ2n) is 6.86. The summed E-state index contributed by atoms with van der Waals surface area (Å²) in [6.07, 6.45) is -5.60. The molecule has 0 radical (unpaired) electrons. The SMILES string of the molecule is C#CCCC(=O)NC1C(O)C(F)C(O)(C(=O)OC)OC1[C@H](OC(C)=O)[C@@H](CO)OC(C)=O. The third-order valence-electron chi connectivity index (χ3n) is 4.50. The number of amides is 1. The Morgan fingerprint density at radius 1 is 1.25 bits per heavy atom. The van der Waals surface area contributed by atoms with Crippen molar-refractivity contribution in [3.05, 3.63) is 0 Å². The topological polar surface area (TPSA) is 178 Å². The van der Waals surface area contributed by atoms with E-state index in [0.29, 0.717) is 0 Å². The van der Waals surface area contributed by atoms with Gasteiger partial charge in [-0.05, 0) is 0 Å². The van der Waals surface area contributed by atoms with Crippen LogP contribution in [0.3, 0.4) is 0 Å². The molecule has 1 saturated heterocycles. The maximum atomic E-state index is 14.9. The minimum Gasteiger partial charge on any atom is -0.465 e. The lowest BCUT2D eigenvalue weighted by Gasteiger charge is -2.47. The quantitative estimate of drug-likeness (QED) is 0.164. The Bertz CT molecular complexity index is 754. The zero-order chi connectivity index (χ0) is 24.6. The highest BCUT2D eigenvalue weighted by Crippen LogP contribution is 2.35. The summed E-state index contributed by atoms with van der Waals surface area (Å²) in [6, 6.07) is -1.74. The van der Waals surface area contributed by atoms with E-state index in [4.69, 9.17) is 20.6 Å². The Morgan fingerprint density at radius 3 is 2.31 bits per heavy atom. The molecule has 32 heavy (non-hydrogen) atoms. The van der Waals surface area contributed by atoms with E-state index < -0.39 is 72.8 Å². The highest BCUT2D eigenvalue weighted by molar-refractivity contribution is 5.79. The molecule has 0 bridgehead atoms. The number of hydrogen-bond acceptors (Lipinski definition) is 11. The number of terminal acetylenes is 1. The number of aliphatic hydroxyl groups excluding tert-OH is 2. The predicted octanol–water partition coefficient (Wildman–Crippen LogP) is -2.30. The number of esters is 3. The van der Waals surface area contributed by atoms with Crippen LogP contribution in [0.2, 0.25) is 0 Å². The van der Waals surface area contributed by atoms with Crippen LogP contribution in [-0.2, 0) is 38.1 Å². The van der Waals surface area contributed by atoms with Gasteiger partial charge in [-0.15, -0.1) is 12.3 Å². The van der Waals surface area contributed by atoms with Crippen LogP contribution >= 0.6 is 0 Å². The number of hydrogen-bond donors (Lipinski definition) is 4. The van der Waals surface area contributed by atoms with Gasteiger partial charge in [0.2, 0.25) is 5.91 Å². The average Bonchev–Trinajstić information content (AvgIpc) is 2.73. The first-order valence-corrected chi connectivity index (χ1v) is 9.41. The largest absolute Gasteiger partial charge is 0.465 e. The molecule has 1 aliphatic heterocycles. The summed E-state index contributed by atoms with van der Waals surface area (Å²) in [4.78, 5) is 47.3. The number of alkyl halides is 1. The molecule has 1 amide bonds. The Morgan fingerprint density at radius 2 is 1.84 bits per heavy atom. The normalized spacial score (nSPS) is 29.1. The molecule has 1 fully saturated rings. The fraction of sp³-hybridized carbons (Fsp3) is 0.684. The van der Waals surface area contributed by atoms with Gasteiger partial charge in [0.15, 0.2) is 18.4 Å². The molecule has 12 nitrogen and oxygen atoms in total. The molecular weight excluding hydrogens is 437 g/mol. The molecule has 5 unspecified atom stereocenters. The molecule has 0 aromatic carbocycles. The molecule has 13 heteroatoms. The van der Waals surface area contributed by atoms with Crippen molar-refractivity contribution in [3.8, 4) is 12.3 Å². The van der Waals surface area contributed by atoms with Crippen molar-refractivity contribution < 1.29 is 57.8 Å². The number of ether oxygens (including phenoxy) is 4. The lowest BCUT2D eigenvalue weighted by Crippen LogP contribution is -2.73. The van der Waals surface area contributed by atoms with Crippen LogP contribution in [0.5, 0.6) is 0 Å². The molecule has 4 N–H and O–H groups in total. The van der Waals surface area contributed by atoms with Gasteiger partial charge in [0, 0.05) is 26.7 Å². The first-order chi connectivity index (χ1) is 14.9. The van der Waals surface area contributed by atoms with Crippen molar-refractivity contribution in [1.29, 1.82) is 0 Å². The summed E-state index contributed by atoms with van der Waals surface area (Å²) in [6.45, 7) is 0.978. The van der Waals surface area contributed by atoms with Crippen LogP contribution < -0.4 is 5.32 Å². The molecule has 1 rings (SSSR count). The molecule has 1 heterocycles. The van der Waals surface area contributed by atoms with Crippen LogP contribution in [0.25, 0.3) is 0 Å². The first-order valence-electron chi connectivity index (χ1n) is 9.41. The van der Waals surface area contributed by atoms with Gasteiger partial charge in [-0.3, -0.25) is 14.4 Å². The number of carbonyl (C=O) groups excluding carboxylic acids is 4. The number of aliphatic hydroxyl groups is 3. The van der Waals surface area contributed by atoms with Gasteiger partial charge in [-0.2, -0.15) is 0 Å². The first kappa shape index (κ1) is 27.2. The molecular formula is C19H26FNO11. The fourth-order valence-electron chi connectivity index (χ4n) is 3.11.